The fraction of sp³-hybridized carbons (Fsp3) is 0.400. The van der Waals surface area contributed by atoms with Crippen molar-refractivity contribution in [2.45, 2.75) is 32.5 Å². The number of halogens is 1. The van der Waals surface area contributed by atoms with E-state index in [0.29, 0.717) is 19.6 Å². The molecule has 0 amide bonds. The van der Waals surface area contributed by atoms with Crippen LogP contribution in [0.5, 0.6) is 0 Å². The van der Waals surface area contributed by atoms with Gasteiger partial charge in [-0.25, -0.2) is 4.39 Å². The van der Waals surface area contributed by atoms with Crippen LogP contribution in [0.4, 0.5) is 4.39 Å². The van der Waals surface area contributed by atoms with Crippen molar-refractivity contribution >= 4 is 0 Å². The van der Waals surface area contributed by atoms with Crippen LogP contribution >= 0.6 is 0 Å². The van der Waals surface area contributed by atoms with Crippen LogP contribution < -0.4 is 5.32 Å². The first kappa shape index (κ1) is 14.7. The number of hydrogen-bond acceptors (Lipinski definition) is 3. The van der Waals surface area contributed by atoms with Gasteiger partial charge in [-0.3, -0.25) is 5.10 Å². The molecule has 1 atom stereocenters. The van der Waals surface area contributed by atoms with Crippen molar-refractivity contribution in [2.75, 3.05) is 7.11 Å². The van der Waals surface area contributed by atoms with Gasteiger partial charge in [-0.15, -0.1) is 0 Å². The molecular formula is C15H20FN3O. The summed E-state index contributed by atoms with van der Waals surface area (Å²) in [6.07, 6.45) is 0.655. The Labute approximate surface area is 118 Å². The molecule has 108 valence electrons. The van der Waals surface area contributed by atoms with Crippen LogP contribution in [0, 0.1) is 5.82 Å². The van der Waals surface area contributed by atoms with Crippen molar-refractivity contribution in [1.29, 1.82) is 0 Å². The molecule has 2 rings (SSSR count). The van der Waals surface area contributed by atoms with Crippen LogP contribution in [-0.2, 0) is 24.3 Å². The Hall–Kier alpha value is -1.72. The predicted octanol–water partition coefficient (Wildman–Crippen LogP) is 2.42. The minimum Gasteiger partial charge on any atom is -0.378 e. The zero-order chi connectivity index (χ0) is 14.4. The Morgan fingerprint density at radius 1 is 1.40 bits per heavy atom. The summed E-state index contributed by atoms with van der Waals surface area (Å²) in [5, 5.41) is 10.4. The molecular weight excluding hydrogens is 257 g/mol. The van der Waals surface area contributed by atoms with Gasteiger partial charge in [-0.05, 0) is 31.0 Å². The molecule has 0 spiro atoms. The molecule has 1 aromatic heterocycles. The summed E-state index contributed by atoms with van der Waals surface area (Å²) < 4.78 is 18.6. The van der Waals surface area contributed by atoms with Gasteiger partial charge in [0.05, 0.1) is 18.0 Å². The lowest BCUT2D eigenvalue weighted by molar-refractivity contribution is 0.181. The highest BCUT2D eigenvalue weighted by atomic mass is 19.1. The standard InChI is InChI=1S/C15H20FN3O/c1-11(7-12-5-3-4-6-15(12)16)17-9-13-8-14(10-20-2)19-18-13/h3-6,8,11,17H,7,9-10H2,1-2H3,(H,18,19). The summed E-state index contributed by atoms with van der Waals surface area (Å²) in [7, 11) is 1.65. The molecule has 1 aromatic carbocycles. The Kier molecular flexibility index (Phi) is 5.26. The molecule has 4 nitrogen and oxygen atoms in total. The third kappa shape index (κ3) is 4.15. The first-order valence-electron chi connectivity index (χ1n) is 6.68. The molecule has 0 radical (unpaired) electrons. The number of hydrogen-bond donors (Lipinski definition) is 2. The van der Waals surface area contributed by atoms with Crippen LogP contribution in [-0.4, -0.2) is 23.3 Å². The molecule has 0 aliphatic heterocycles. The van der Waals surface area contributed by atoms with E-state index in [4.69, 9.17) is 4.74 Å². The number of nitrogens with zero attached hydrogens (tertiary/aromatic N) is 1. The van der Waals surface area contributed by atoms with Crippen molar-refractivity contribution in [3.05, 3.63) is 53.1 Å². The first-order valence-corrected chi connectivity index (χ1v) is 6.68. The summed E-state index contributed by atoms with van der Waals surface area (Å²) in [5.74, 6) is -0.150. The van der Waals surface area contributed by atoms with E-state index in [1.165, 1.54) is 6.07 Å². The van der Waals surface area contributed by atoms with E-state index in [2.05, 4.69) is 15.5 Å². The summed E-state index contributed by atoms with van der Waals surface area (Å²) >= 11 is 0. The number of methoxy groups -OCH3 is 1. The van der Waals surface area contributed by atoms with Crippen LogP contribution in [0.1, 0.15) is 23.9 Å². The monoisotopic (exact) mass is 277 g/mol. The maximum Gasteiger partial charge on any atom is 0.126 e. The van der Waals surface area contributed by atoms with Crippen molar-refractivity contribution in [2.24, 2.45) is 0 Å². The lowest BCUT2D eigenvalue weighted by Crippen LogP contribution is -2.28. The highest BCUT2D eigenvalue weighted by molar-refractivity contribution is 5.18. The summed E-state index contributed by atoms with van der Waals surface area (Å²) in [6.45, 7) is 3.21. The first-order chi connectivity index (χ1) is 9.69. The van der Waals surface area contributed by atoms with E-state index in [1.807, 2.05) is 25.1 Å². The van der Waals surface area contributed by atoms with E-state index < -0.39 is 0 Å². The van der Waals surface area contributed by atoms with Crippen molar-refractivity contribution in [1.82, 2.24) is 15.5 Å². The molecule has 5 heteroatoms. The van der Waals surface area contributed by atoms with E-state index in [0.717, 1.165) is 17.0 Å². The molecule has 1 unspecified atom stereocenters. The van der Waals surface area contributed by atoms with Gasteiger partial charge >= 0.3 is 0 Å². The number of aromatic nitrogens is 2. The fourth-order valence-corrected chi connectivity index (χ4v) is 2.07. The van der Waals surface area contributed by atoms with E-state index >= 15 is 0 Å². The van der Waals surface area contributed by atoms with Crippen LogP contribution in [0.25, 0.3) is 0 Å². The van der Waals surface area contributed by atoms with Gasteiger partial charge in [0.2, 0.25) is 0 Å². The maximum atomic E-state index is 13.5. The number of rotatable bonds is 7. The molecule has 0 saturated heterocycles. The average molecular weight is 277 g/mol. The van der Waals surface area contributed by atoms with Gasteiger partial charge in [0.1, 0.15) is 5.82 Å². The van der Waals surface area contributed by atoms with E-state index in [1.54, 1.807) is 13.2 Å². The van der Waals surface area contributed by atoms with Gasteiger partial charge in [-0.2, -0.15) is 5.10 Å². The molecule has 2 aromatic rings. The molecule has 2 N–H and O–H groups in total. The SMILES string of the molecule is COCc1cc(CNC(C)Cc2ccccc2F)n[nH]1. The summed E-state index contributed by atoms with van der Waals surface area (Å²) in [6, 6.07) is 9.01. The molecule has 20 heavy (non-hydrogen) atoms. The number of nitrogens with one attached hydrogen (secondary N) is 2. The number of aromatic amines is 1. The van der Waals surface area contributed by atoms with Crippen LogP contribution in [0.2, 0.25) is 0 Å². The Morgan fingerprint density at radius 3 is 2.95 bits per heavy atom. The lowest BCUT2D eigenvalue weighted by atomic mass is 10.1. The number of ether oxygens (including phenoxy) is 1. The molecule has 0 bridgehead atoms. The Bertz CT molecular complexity index is 541. The van der Waals surface area contributed by atoms with Crippen molar-refractivity contribution in [3.8, 4) is 0 Å². The zero-order valence-corrected chi connectivity index (χ0v) is 11.8. The van der Waals surface area contributed by atoms with Gasteiger partial charge in [0.15, 0.2) is 0 Å². The van der Waals surface area contributed by atoms with Gasteiger partial charge in [0.25, 0.3) is 0 Å². The second kappa shape index (κ2) is 7.17. The average Bonchev–Trinajstić information content (AvgIpc) is 2.87. The van der Waals surface area contributed by atoms with E-state index in [9.17, 15) is 4.39 Å². The minimum absolute atomic E-state index is 0.150. The highest BCUT2D eigenvalue weighted by Crippen LogP contribution is 2.09. The maximum absolute atomic E-state index is 13.5. The molecule has 1 heterocycles. The third-order valence-electron chi connectivity index (χ3n) is 3.10. The molecule has 0 saturated carbocycles. The number of benzene rings is 1. The van der Waals surface area contributed by atoms with Gasteiger partial charge in [-0.1, -0.05) is 18.2 Å². The second-order valence-electron chi connectivity index (χ2n) is 4.90. The topological polar surface area (TPSA) is 49.9 Å². The molecule has 0 aliphatic carbocycles. The molecule has 0 aliphatic rings. The largest absolute Gasteiger partial charge is 0.378 e. The van der Waals surface area contributed by atoms with Crippen LogP contribution in [0.15, 0.2) is 30.3 Å². The normalized spacial score (nSPS) is 12.6. The second-order valence-corrected chi connectivity index (χ2v) is 4.90. The number of H-pyrrole nitrogens is 1. The van der Waals surface area contributed by atoms with Gasteiger partial charge < -0.3 is 10.1 Å². The van der Waals surface area contributed by atoms with Crippen molar-refractivity contribution < 1.29 is 9.13 Å². The Balaban J connectivity index is 1.82. The molecule has 0 fully saturated rings. The Morgan fingerprint density at radius 2 is 2.20 bits per heavy atom. The zero-order valence-electron chi connectivity index (χ0n) is 11.8. The summed E-state index contributed by atoms with van der Waals surface area (Å²) in [5.41, 5.74) is 2.61. The van der Waals surface area contributed by atoms with E-state index in [-0.39, 0.29) is 11.9 Å². The highest BCUT2D eigenvalue weighted by Gasteiger charge is 2.08. The third-order valence-corrected chi connectivity index (χ3v) is 3.10. The lowest BCUT2D eigenvalue weighted by Gasteiger charge is -2.13. The van der Waals surface area contributed by atoms with Crippen molar-refractivity contribution in [3.63, 3.8) is 0 Å². The quantitative estimate of drug-likeness (QED) is 0.817. The van der Waals surface area contributed by atoms with Crippen LogP contribution in [0.3, 0.4) is 0 Å². The minimum atomic E-state index is -0.150. The van der Waals surface area contributed by atoms with Gasteiger partial charge in [0, 0.05) is 19.7 Å². The smallest absolute Gasteiger partial charge is 0.126 e. The fourth-order valence-electron chi connectivity index (χ4n) is 2.07. The summed E-state index contributed by atoms with van der Waals surface area (Å²) in [4.78, 5) is 0. The predicted molar refractivity (Wildman–Crippen MR) is 75.7 cm³/mol.